The number of carbonyl (C=O) groups excluding carboxylic acids is 2. The first-order valence-corrected chi connectivity index (χ1v) is 6.50. The minimum Gasteiger partial charge on any atom is -0.455 e. The zero-order chi connectivity index (χ0) is 13.8. The van der Waals surface area contributed by atoms with E-state index in [9.17, 15) is 9.59 Å². The van der Waals surface area contributed by atoms with E-state index in [4.69, 9.17) is 15.9 Å². The molecule has 1 aliphatic carbocycles. The number of rotatable bonds is 5. The Morgan fingerprint density at radius 1 is 1.32 bits per heavy atom. The van der Waals surface area contributed by atoms with E-state index in [1.165, 1.54) is 4.90 Å². The van der Waals surface area contributed by atoms with E-state index in [-0.39, 0.29) is 30.8 Å². The van der Waals surface area contributed by atoms with Crippen molar-refractivity contribution in [1.29, 1.82) is 0 Å². The lowest BCUT2D eigenvalue weighted by molar-refractivity contribution is -0.119. The Balaban J connectivity index is 2.16. The van der Waals surface area contributed by atoms with Gasteiger partial charge in [-0.25, -0.2) is 0 Å². The Kier molecular flexibility index (Phi) is 4.21. The van der Waals surface area contributed by atoms with Crippen LogP contribution in [-0.2, 0) is 11.3 Å². The number of carbonyl (C=O) groups is 2. The van der Waals surface area contributed by atoms with Crippen molar-refractivity contribution in [1.82, 2.24) is 4.90 Å². The molecule has 6 heteroatoms. The molecule has 1 saturated carbocycles. The first-order valence-electron chi connectivity index (χ1n) is 6.50. The summed E-state index contributed by atoms with van der Waals surface area (Å²) < 4.78 is 5.35. The van der Waals surface area contributed by atoms with Crippen LogP contribution >= 0.6 is 0 Å². The lowest BCUT2D eigenvalue weighted by Gasteiger charge is -2.26. The standard InChI is InChI=1S/C13H19N3O3/c14-7-10-5-6-11(19-10)13(18)16(8-12(15)17)9-3-1-2-4-9/h5-6,9H,1-4,7-8,14H2,(H2,15,17). The van der Waals surface area contributed by atoms with Crippen LogP contribution in [-0.4, -0.2) is 29.3 Å². The molecular formula is C13H19N3O3. The van der Waals surface area contributed by atoms with Gasteiger partial charge in [0.05, 0.1) is 6.54 Å². The second-order valence-electron chi connectivity index (χ2n) is 4.81. The van der Waals surface area contributed by atoms with Crippen LogP contribution in [0.5, 0.6) is 0 Å². The van der Waals surface area contributed by atoms with Gasteiger partial charge in [0.15, 0.2) is 5.76 Å². The van der Waals surface area contributed by atoms with Crippen molar-refractivity contribution >= 4 is 11.8 Å². The highest BCUT2D eigenvalue weighted by Crippen LogP contribution is 2.25. The van der Waals surface area contributed by atoms with E-state index < -0.39 is 5.91 Å². The van der Waals surface area contributed by atoms with Gasteiger partial charge in [0.25, 0.3) is 5.91 Å². The molecule has 19 heavy (non-hydrogen) atoms. The normalized spacial score (nSPS) is 15.6. The summed E-state index contributed by atoms with van der Waals surface area (Å²) >= 11 is 0. The van der Waals surface area contributed by atoms with Crippen molar-refractivity contribution < 1.29 is 14.0 Å². The summed E-state index contributed by atoms with van der Waals surface area (Å²) in [4.78, 5) is 25.0. The van der Waals surface area contributed by atoms with E-state index in [2.05, 4.69) is 0 Å². The Hall–Kier alpha value is -1.82. The molecule has 0 saturated heterocycles. The highest BCUT2D eigenvalue weighted by molar-refractivity contribution is 5.94. The average Bonchev–Trinajstić information content (AvgIpc) is 3.05. The van der Waals surface area contributed by atoms with Crippen molar-refractivity contribution in [3.8, 4) is 0 Å². The van der Waals surface area contributed by atoms with Gasteiger partial charge in [-0.1, -0.05) is 12.8 Å². The van der Waals surface area contributed by atoms with E-state index in [1.807, 2.05) is 0 Å². The summed E-state index contributed by atoms with van der Waals surface area (Å²) in [5.74, 6) is -0.0290. The Labute approximate surface area is 111 Å². The van der Waals surface area contributed by atoms with Gasteiger partial charge in [0.2, 0.25) is 5.91 Å². The van der Waals surface area contributed by atoms with Gasteiger partial charge in [-0.3, -0.25) is 9.59 Å². The molecule has 0 bridgehead atoms. The molecule has 1 aliphatic rings. The number of nitrogens with two attached hydrogens (primary N) is 2. The third-order valence-electron chi connectivity index (χ3n) is 3.43. The van der Waals surface area contributed by atoms with Crippen LogP contribution in [0.3, 0.4) is 0 Å². The number of nitrogens with zero attached hydrogens (tertiary/aromatic N) is 1. The first-order chi connectivity index (χ1) is 9.11. The summed E-state index contributed by atoms with van der Waals surface area (Å²) in [6.07, 6.45) is 3.95. The quantitative estimate of drug-likeness (QED) is 0.814. The smallest absolute Gasteiger partial charge is 0.290 e. The highest BCUT2D eigenvalue weighted by atomic mass is 16.4. The number of hydrogen-bond donors (Lipinski definition) is 2. The molecule has 6 nitrogen and oxygen atoms in total. The maximum Gasteiger partial charge on any atom is 0.290 e. The molecule has 4 N–H and O–H groups in total. The molecule has 0 atom stereocenters. The van der Waals surface area contributed by atoms with Crippen LogP contribution in [0.1, 0.15) is 42.0 Å². The zero-order valence-electron chi connectivity index (χ0n) is 10.8. The maximum absolute atomic E-state index is 12.4. The van der Waals surface area contributed by atoms with Gasteiger partial charge in [-0.2, -0.15) is 0 Å². The second kappa shape index (κ2) is 5.88. The van der Waals surface area contributed by atoms with Gasteiger partial charge in [0, 0.05) is 6.04 Å². The summed E-state index contributed by atoms with van der Waals surface area (Å²) in [6, 6.07) is 3.34. The van der Waals surface area contributed by atoms with Crippen LogP contribution in [0, 0.1) is 0 Å². The van der Waals surface area contributed by atoms with Crippen LogP contribution in [0.15, 0.2) is 16.5 Å². The predicted octanol–water partition coefficient (Wildman–Crippen LogP) is 0.608. The Morgan fingerprint density at radius 3 is 2.53 bits per heavy atom. The molecule has 1 fully saturated rings. The average molecular weight is 265 g/mol. The third kappa shape index (κ3) is 3.14. The minimum atomic E-state index is -0.508. The van der Waals surface area contributed by atoms with Gasteiger partial charge in [-0.15, -0.1) is 0 Å². The van der Waals surface area contributed by atoms with Crippen molar-refractivity contribution in [3.05, 3.63) is 23.7 Å². The Morgan fingerprint density at radius 2 is 2.00 bits per heavy atom. The number of amides is 2. The molecule has 2 amide bonds. The number of primary amides is 1. The van der Waals surface area contributed by atoms with Gasteiger partial charge < -0.3 is 20.8 Å². The largest absolute Gasteiger partial charge is 0.455 e. The molecule has 0 radical (unpaired) electrons. The van der Waals surface area contributed by atoms with E-state index in [0.717, 1.165) is 25.7 Å². The molecule has 2 rings (SSSR count). The summed E-state index contributed by atoms with van der Waals surface area (Å²) in [5.41, 5.74) is 10.7. The van der Waals surface area contributed by atoms with E-state index >= 15 is 0 Å². The van der Waals surface area contributed by atoms with E-state index in [0.29, 0.717) is 5.76 Å². The second-order valence-corrected chi connectivity index (χ2v) is 4.81. The predicted molar refractivity (Wildman–Crippen MR) is 69.1 cm³/mol. The van der Waals surface area contributed by atoms with Crippen LogP contribution < -0.4 is 11.5 Å². The molecule has 1 aromatic rings. The molecule has 0 aromatic carbocycles. The summed E-state index contributed by atoms with van der Waals surface area (Å²) in [7, 11) is 0. The van der Waals surface area contributed by atoms with Gasteiger partial charge in [-0.05, 0) is 25.0 Å². The topological polar surface area (TPSA) is 103 Å². The van der Waals surface area contributed by atoms with Crippen molar-refractivity contribution in [3.63, 3.8) is 0 Å². The zero-order valence-corrected chi connectivity index (χ0v) is 10.8. The fourth-order valence-corrected chi connectivity index (χ4v) is 2.49. The van der Waals surface area contributed by atoms with Gasteiger partial charge >= 0.3 is 0 Å². The summed E-state index contributed by atoms with van der Waals surface area (Å²) in [5, 5.41) is 0. The SMILES string of the molecule is NCc1ccc(C(=O)N(CC(N)=O)C2CCCC2)o1. The molecule has 0 unspecified atom stereocenters. The lowest BCUT2D eigenvalue weighted by Crippen LogP contribution is -2.44. The third-order valence-corrected chi connectivity index (χ3v) is 3.43. The number of furan rings is 1. The maximum atomic E-state index is 12.4. The molecule has 1 heterocycles. The lowest BCUT2D eigenvalue weighted by atomic mass is 10.2. The van der Waals surface area contributed by atoms with Crippen molar-refractivity contribution in [2.75, 3.05) is 6.54 Å². The molecular weight excluding hydrogens is 246 g/mol. The van der Waals surface area contributed by atoms with Crippen LogP contribution in [0.25, 0.3) is 0 Å². The molecule has 1 aromatic heterocycles. The number of hydrogen-bond acceptors (Lipinski definition) is 4. The van der Waals surface area contributed by atoms with E-state index in [1.54, 1.807) is 12.1 Å². The fourth-order valence-electron chi connectivity index (χ4n) is 2.49. The first kappa shape index (κ1) is 13.6. The van der Waals surface area contributed by atoms with Gasteiger partial charge in [0.1, 0.15) is 12.3 Å². The monoisotopic (exact) mass is 265 g/mol. The highest BCUT2D eigenvalue weighted by Gasteiger charge is 2.30. The molecule has 104 valence electrons. The van der Waals surface area contributed by atoms with Crippen molar-refractivity contribution in [2.24, 2.45) is 11.5 Å². The minimum absolute atomic E-state index is 0.0673. The summed E-state index contributed by atoms with van der Waals surface area (Å²) in [6.45, 7) is 0.175. The van der Waals surface area contributed by atoms with Crippen LogP contribution in [0.2, 0.25) is 0 Å². The Bertz CT molecular complexity index is 463. The van der Waals surface area contributed by atoms with Crippen LogP contribution in [0.4, 0.5) is 0 Å². The van der Waals surface area contributed by atoms with Crippen molar-refractivity contribution in [2.45, 2.75) is 38.3 Å². The molecule has 0 aliphatic heterocycles. The fraction of sp³-hybridized carbons (Fsp3) is 0.538. The molecule has 0 spiro atoms.